The molecule has 174 valence electrons. The fourth-order valence-electron chi connectivity index (χ4n) is 4.02. The molecule has 0 saturated carbocycles. The van der Waals surface area contributed by atoms with Crippen LogP contribution in [0.1, 0.15) is 18.0 Å². The van der Waals surface area contributed by atoms with Gasteiger partial charge in [0.15, 0.2) is 0 Å². The van der Waals surface area contributed by atoms with Crippen molar-refractivity contribution in [2.45, 2.75) is 12.5 Å². The number of piperazine rings is 1. The molecule has 0 bridgehead atoms. The Hall–Kier alpha value is -2.77. The van der Waals surface area contributed by atoms with Gasteiger partial charge in [-0.05, 0) is 56.9 Å². The second kappa shape index (κ2) is 12.3. The molecule has 2 aromatic carbocycles. The molecule has 32 heavy (non-hydrogen) atoms. The van der Waals surface area contributed by atoms with E-state index in [1.54, 1.807) is 7.11 Å². The quantitative estimate of drug-likeness (QED) is 0.558. The predicted molar refractivity (Wildman–Crippen MR) is 131 cm³/mol. The van der Waals surface area contributed by atoms with Crippen molar-refractivity contribution in [3.05, 3.63) is 60.2 Å². The van der Waals surface area contributed by atoms with Gasteiger partial charge in [0, 0.05) is 45.0 Å². The molecule has 2 aromatic rings. The predicted octanol–water partition coefficient (Wildman–Crippen LogP) is 2.81. The lowest BCUT2D eigenvalue weighted by Crippen LogP contribution is -2.47. The first-order valence-corrected chi connectivity index (χ1v) is 11.4. The molecule has 1 saturated heterocycles. The highest BCUT2D eigenvalue weighted by Crippen LogP contribution is 2.20. The van der Waals surface area contributed by atoms with E-state index in [9.17, 15) is 4.79 Å². The molecule has 2 N–H and O–H groups in total. The summed E-state index contributed by atoms with van der Waals surface area (Å²) in [6.07, 6.45) is 0.944. The van der Waals surface area contributed by atoms with E-state index in [2.05, 4.69) is 49.6 Å². The Morgan fingerprint density at radius 3 is 2.34 bits per heavy atom. The van der Waals surface area contributed by atoms with Crippen molar-refractivity contribution in [1.82, 2.24) is 20.4 Å². The van der Waals surface area contributed by atoms with Crippen molar-refractivity contribution in [1.29, 1.82) is 0 Å². The highest BCUT2D eigenvalue weighted by atomic mass is 16.5. The number of nitrogens with one attached hydrogen (secondary N) is 2. The maximum atomic E-state index is 12.4. The minimum absolute atomic E-state index is 0.0303. The monoisotopic (exact) mass is 439 g/mol. The number of methoxy groups -OCH3 is 1. The first kappa shape index (κ1) is 23.9. The minimum atomic E-state index is -0.106. The Morgan fingerprint density at radius 1 is 1.03 bits per heavy atom. The number of carbonyl (C=O) groups is 1. The molecule has 1 fully saturated rings. The van der Waals surface area contributed by atoms with Gasteiger partial charge in [0.2, 0.25) is 0 Å². The fourth-order valence-corrected chi connectivity index (χ4v) is 4.02. The summed E-state index contributed by atoms with van der Waals surface area (Å²) >= 11 is 0. The number of anilines is 1. The molecule has 1 unspecified atom stereocenters. The molecule has 7 heteroatoms. The molecule has 0 radical (unpaired) electrons. The van der Waals surface area contributed by atoms with E-state index >= 15 is 0 Å². The van der Waals surface area contributed by atoms with Crippen molar-refractivity contribution in [3.63, 3.8) is 0 Å². The maximum Gasteiger partial charge on any atom is 0.315 e. The summed E-state index contributed by atoms with van der Waals surface area (Å²) in [5, 5.41) is 6.14. The molecule has 1 aliphatic heterocycles. The summed E-state index contributed by atoms with van der Waals surface area (Å²) in [7, 11) is 5.73. The first-order valence-electron chi connectivity index (χ1n) is 11.4. The average molecular weight is 440 g/mol. The van der Waals surface area contributed by atoms with E-state index in [1.165, 1.54) is 5.69 Å². The number of carbonyl (C=O) groups excluding carboxylic acids is 1. The molecule has 0 aliphatic carbocycles. The van der Waals surface area contributed by atoms with Gasteiger partial charge in [-0.1, -0.05) is 30.3 Å². The van der Waals surface area contributed by atoms with Crippen LogP contribution in [0.15, 0.2) is 54.6 Å². The number of urea groups is 1. The van der Waals surface area contributed by atoms with Gasteiger partial charge in [0.1, 0.15) is 5.75 Å². The highest BCUT2D eigenvalue weighted by Gasteiger charge is 2.18. The standard InChI is InChI=1S/C25H37N5O2/c1-28(2)20-24(21-8-5-4-6-9-21)27-25(31)26-14-7-15-29-16-18-30(19-17-29)22-10-12-23(32-3)13-11-22/h4-6,8-13,24H,7,14-20H2,1-3H3,(H2,26,27,31). The lowest BCUT2D eigenvalue weighted by Gasteiger charge is -2.36. The fraction of sp³-hybridized carbons (Fsp3) is 0.480. The molecule has 3 rings (SSSR count). The van der Waals surface area contributed by atoms with Crippen LogP contribution in [-0.4, -0.2) is 82.8 Å². The van der Waals surface area contributed by atoms with Crippen LogP contribution < -0.4 is 20.3 Å². The normalized spacial score (nSPS) is 15.4. The molecule has 0 spiro atoms. The molecule has 7 nitrogen and oxygen atoms in total. The largest absolute Gasteiger partial charge is 0.497 e. The smallest absolute Gasteiger partial charge is 0.315 e. The van der Waals surface area contributed by atoms with Gasteiger partial charge in [-0.25, -0.2) is 4.79 Å². The van der Waals surface area contributed by atoms with E-state index < -0.39 is 0 Å². The third-order valence-electron chi connectivity index (χ3n) is 5.80. The number of nitrogens with zero attached hydrogens (tertiary/aromatic N) is 3. The number of benzene rings is 2. The average Bonchev–Trinajstić information content (AvgIpc) is 2.82. The van der Waals surface area contributed by atoms with E-state index in [0.29, 0.717) is 6.54 Å². The first-order chi connectivity index (χ1) is 15.5. The van der Waals surface area contributed by atoms with Crippen molar-refractivity contribution >= 4 is 11.7 Å². The number of amides is 2. The summed E-state index contributed by atoms with van der Waals surface area (Å²) in [6, 6.07) is 18.2. The summed E-state index contributed by atoms with van der Waals surface area (Å²) in [4.78, 5) is 19.4. The van der Waals surface area contributed by atoms with Crippen LogP contribution in [0.4, 0.5) is 10.5 Å². The maximum absolute atomic E-state index is 12.4. The molecular formula is C25H37N5O2. The Bertz CT molecular complexity index is 805. The van der Waals surface area contributed by atoms with Gasteiger partial charge < -0.3 is 25.2 Å². The molecule has 1 heterocycles. The zero-order valence-electron chi connectivity index (χ0n) is 19.6. The Kier molecular flexibility index (Phi) is 9.19. The Labute approximate surface area is 192 Å². The second-order valence-electron chi connectivity index (χ2n) is 8.51. The Morgan fingerprint density at radius 2 is 1.72 bits per heavy atom. The molecular weight excluding hydrogens is 402 g/mol. The van der Waals surface area contributed by atoms with Gasteiger partial charge in [-0.15, -0.1) is 0 Å². The summed E-state index contributed by atoms with van der Waals surface area (Å²) in [5.74, 6) is 0.890. The van der Waals surface area contributed by atoms with Crippen LogP contribution in [0.25, 0.3) is 0 Å². The second-order valence-corrected chi connectivity index (χ2v) is 8.51. The van der Waals surface area contributed by atoms with Crippen molar-refractivity contribution in [2.75, 3.05) is 71.9 Å². The lowest BCUT2D eigenvalue weighted by atomic mass is 10.1. The number of hydrogen-bond donors (Lipinski definition) is 2. The van der Waals surface area contributed by atoms with Gasteiger partial charge in [0.25, 0.3) is 0 Å². The van der Waals surface area contributed by atoms with Gasteiger partial charge >= 0.3 is 6.03 Å². The number of likely N-dealkylation sites (N-methyl/N-ethyl adjacent to an activating group) is 1. The molecule has 2 amide bonds. The van der Waals surface area contributed by atoms with E-state index in [0.717, 1.165) is 57.0 Å². The van der Waals surface area contributed by atoms with Crippen molar-refractivity contribution in [2.24, 2.45) is 0 Å². The zero-order chi connectivity index (χ0) is 22.8. The van der Waals surface area contributed by atoms with Gasteiger partial charge in [0.05, 0.1) is 13.2 Å². The van der Waals surface area contributed by atoms with Crippen LogP contribution in [0.5, 0.6) is 5.75 Å². The SMILES string of the molecule is COc1ccc(N2CCN(CCCNC(=O)NC(CN(C)C)c3ccccc3)CC2)cc1. The molecule has 1 atom stereocenters. The topological polar surface area (TPSA) is 60.1 Å². The summed E-state index contributed by atoms with van der Waals surface area (Å²) < 4.78 is 5.24. The molecule has 1 aliphatic rings. The van der Waals surface area contributed by atoms with Crippen LogP contribution in [0.2, 0.25) is 0 Å². The van der Waals surface area contributed by atoms with Crippen molar-refractivity contribution < 1.29 is 9.53 Å². The van der Waals surface area contributed by atoms with Crippen molar-refractivity contribution in [3.8, 4) is 5.75 Å². The van der Waals surface area contributed by atoms with E-state index in [1.807, 2.05) is 44.4 Å². The van der Waals surface area contributed by atoms with Crippen LogP contribution in [0.3, 0.4) is 0 Å². The third kappa shape index (κ3) is 7.43. The Balaban J connectivity index is 1.34. The number of hydrogen-bond acceptors (Lipinski definition) is 5. The van der Waals surface area contributed by atoms with Gasteiger partial charge in [-0.2, -0.15) is 0 Å². The summed E-state index contributed by atoms with van der Waals surface area (Å²) in [6.45, 7) is 6.54. The van der Waals surface area contributed by atoms with E-state index in [4.69, 9.17) is 4.74 Å². The number of ether oxygens (including phenoxy) is 1. The third-order valence-corrected chi connectivity index (χ3v) is 5.80. The zero-order valence-corrected chi connectivity index (χ0v) is 19.6. The number of rotatable bonds is 10. The highest BCUT2D eigenvalue weighted by molar-refractivity contribution is 5.74. The van der Waals surface area contributed by atoms with Crippen LogP contribution in [-0.2, 0) is 0 Å². The van der Waals surface area contributed by atoms with E-state index in [-0.39, 0.29) is 12.1 Å². The van der Waals surface area contributed by atoms with Gasteiger partial charge in [-0.3, -0.25) is 4.90 Å². The van der Waals surface area contributed by atoms with Crippen LogP contribution >= 0.6 is 0 Å². The summed E-state index contributed by atoms with van der Waals surface area (Å²) in [5.41, 5.74) is 2.36. The minimum Gasteiger partial charge on any atom is -0.497 e. The molecule has 0 aromatic heterocycles. The lowest BCUT2D eigenvalue weighted by molar-refractivity contribution is 0.229. The van der Waals surface area contributed by atoms with Crippen LogP contribution in [0, 0.1) is 0 Å².